The average Bonchev–Trinajstić information content (AvgIpc) is 2.60. The first-order valence-electron chi connectivity index (χ1n) is 7.59. The van der Waals surface area contributed by atoms with Gasteiger partial charge in [-0.1, -0.05) is 19.1 Å². The Hall–Kier alpha value is -2.05. The van der Waals surface area contributed by atoms with E-state index in [1.807, 2.05) is 31.2 Å². The maximum atomic E-state index is 13.3. The van der Waals surface area contributed by atoms with Crippen molar-refractivity contribution in [2.75, 3.05) is 20.3 Å². The highest BCUT2D eigenvalue weighted by Gasteiger charge is 2.17. The number of hydrogen-bond donors (Lipinski definition) is 2. The predicted molar refractivity (Wildman–Crippen MR) is 85.6 cm³/mol. The van der Waals surface area contributed by atoms with E-state index in [9.17, 15) is 18.3 Å². The third-order valence-electron chi connectivity index (χ3n) is 3.95. The van der Waals surface area contributed by atoms with Crippen molar-refractivity contribution in [1.82, 2.24) is 5.32 Å². The Kier molecular flexibility index (Phi) is 6.23. The smallest absolute Gasteiger partial charge is 0.194 e. The van der Waals surface area contributed by atoms with Gasteiger partial charge in [0, 0.05) is 6.54 Å². The minimum atomic E-state index is -1.51. The van der Waals surface area contributed by atoms with Gasteiger partial charge in [0.15, 0.2) is 17.5 Å². The van der Waals surface area contributed by atoms with Crippen LogP contribution in [0.1, 0.15) is 30.0 Å². The zero-order valence-electron chi connectivity index (χ0n) is 13.5. The van der Waals surface area contributed by atoms with Gasteiger partial charge in [-0.25, -0.2) is 13.2 Å². The largest absolute Gasteiger partial charge is 0.497 e. The molecule has 0 heterocycles. The number of aliphatic hydroxyl groups is 1. The van der Waals surface area contributed by atoms with Crippen LogP contribution in [0.2, 0.25) is 0 Å². The van der Waals surface area contributed by atoms with E-state index in [-0.39, 0.29) is 18.1 Å². The van der Waals surface area contributed by atoms with Gasteiger partial charge in [-0.3, -0.25) is 0 Å². The Morgan fingerprint density at radius 2 is 1.62 bits per heavy atom. The highest BCUT2D eigenvalue weighted by Crippen LogP contribution is 2.22. The lowest BCUT2D eigenvalue weighted by Gasteiger charge is -2.20. The molecule has 2 rings (SSSR count). The van der Waals surface area contributed by atoms with E-state index in [0.29, 0.717) is 6.54 Å². The van der Waals surface area contributed by atoms with Crippen LogP contribution in [-0.4, -0.2) is 25.4 Å². The van der Waals surface area contributed by atoms with Gasteiger partial charge in [0.1, 0.15) is 5.75 Å². The standard InChI is InChI=1S/C18H20F3NO2/c1-11(12-3-5-14(24-2)6-4-12)9-22-17(10-23)13-7-15(19)18(21)16(20)8-13/h3-8,11,17,22-23H,9-10H2,1-2H3. The molecule has 6 heteroatoms. The molecule has 0 aliphatic heterocycles. The van der Waals surface area contributed by atoms with Crippen molar-refractivity contribution in [3.63, 3.8) is 0 Å². The van der Waals surface area contributed by atoms with Crippen LogP contribution in [0.3, 0.4) is 0 Å². The SMILES string of the molecule is COc1ccc(C(C)CNC(CO)c2cc(F)c(F)c(F)c2)cc1. The third-order valence-corrected chi connectivity index (χ3v) is 3.95. The summed E-state index contributed by atoms with van der Waals surface area (Å²) < 4.78 is 44.8. The molecule has 2 atom stereocenters. The van der Waals surface area contributed by atoms with Crippen molar-refractivity contribution in [3.8, 4) is 5.75 Å². The molecule has 0 saturated carbocycles. The Morgan fingerprint density at radius 1 is 1.04 bits per heavy atom. The zero-order chi connectivity index (χ0) is 17.7. The number of hydrogen-bond acceptors (Lipinski definition) is 3. The first-order valence-corrected chi connectivity index (χ1v) is 7.59. The number of halogens is 3. The van der Waals surface area contributed by atoms with Gasteiger partial charge in [0.2, 0.25) is 0 Å². The second-order valence-electron chi connectivity index (χ2n) is 5.62. The molecular weight excluding hydrogens is 319 g/mol. The van der Waals surface area contributed by atoms with E-state index in [4.69, 9.17) is 4.74 Å². The van der Waals surface area contributed by atoms with Crippen LogP contribution in [-0.2, 0) is 0 Å². The minimum absolute atomic E-state index is 0.0973. The van der Waals surface area contributed by atoms with Crippen molar-refractivity contribution in [2.45, 2.75) is 18.9 Å². The first-order chi connectivity index (χ1) is 11.5. The van der Waals surface area contributed by atoms with E-state index in [1.165, 1.54) is 0 Å². The molecule has 0 aliphatic carbocycles. The summed E-state index contributed by atoms with van der Waals surface area (Å²) >= 11 is 0. The molecule has 2 aromatic rings. The molecule has 2 aromatic carbocycles. The molecule has 0 bridgehead atoms. The first kappa shape index (κ1) is 18.3. The van der Waals surface area contributed by atoms with E-state index < -0.39 is 23.5 Å². The molecule has 0 aromatic heterocycles. The molecule has 2 unspecified atom stereocenters. The lowest BCUT2D eigenvalue weighted by atomic mass is 10.00. The fourth-order valence-corrected chi connectivity index (χ4v) is 2.43. The highest BCUT2D eigenvalue weighted by molar-refractivity contribution is 5.29. The van der Waals surface area contributed by atoms with Crippen LogP contribution in [0.5, 0.6) is 5.75 Å². The maximum absolute atomic E-state index is 13.3. The summed E-state index contributed by atoms with van der Waals surface area (Å²) in [4.78, 5) is 0. The van der Waals surface area contributed by atoms with E-state index in [2.05, 4.69) is 5.32 Å². The van der Waals surface area contributed by atoms with Crippen LogP contribution >= 0.6 is 0 Å². The van der Waals surface area contributed by atoms with Crippen LogP contribution in [0.15, 0.2) is 36.4 Å². The number of ether oxygens (including phenoxy) is 1. The molecule has 0 aliphatic rings. The number of benzene rings is 2. The van der Waals surface area contributed by atoms with Gasteiger partial charge in [-0.2, -0.15) is 0 Å². The summed E-state index contributed by atoms with van der Waals surface area (Å²) in [6.45, 7) is 2.09. The molecule has 24 heavy (non-hydrogen) atoms. The Morgan fingerprint density at radius 3 is 2.12 bits per heavy atom. The summed E-state index contributed by atoms with van der Waals surface area (Å²) in [7, 11) is 1.59. The predicted octanol–water partition coefficient (Wildman–Crippen LogP) is 3.54. The van der Waals surface area contributed by atoms with Crippen LogP contribution in [0.4, 0.5) is 13.2 Å². The van der Waals surface area contributed by atoms with Crippen molar-refractivity contribution < 1.29 is 23.0 Å². The molecule has 0 saturated heterocycles. The zero-order valence-corrected chi connectivity index (χ0v) is 13.5. The van der Waals surface area contributed by atoms with Gasteiger partial charge >= 0.3 is 0 Å². The van der Waals surface area contributed by atoms with Crippen molar-refractivity contribution in [1.29, 1.82) is 0 Å². The highest BCUT2D eigenvalue weighted by atomic mass is 19.2. The molecule has 2 N–H and O–H groups in total. The average molecular weight is 339 g/mol. The lowest BCUT2D eigenvalue weighted by Crippen LogP contribution is -2.28. The molecule has 0 amide bonds. The summed E-state index contributed by atoms with van der Waals surface area (Å²) in [5.74, 6) is -3.20. The van der Waals surface area contributed by atoms with Crippen molar-refractivity contribution >= 4 is 0 Å². The number of methoxy groups -OCH3 is 1. The lowest BCUT2D eigenvalue weighted by molar-refractivity contribution is 0.242. The second kappa shape index (κ2) is 8.17. The van der Waals surface area contributed by atoms with Crippen LogP contribution in [0.25, 0.3) is 0 Å². The maximum Gasteiger partial charge on any atom is 0.194 e. The van der Waals surface area contributed by atoms with Crippen LogP contribution in [0, 0.1) is 17.5 Å². The second-order valence-corrected chi connectivity index (χ2v) is 5.62. The van der Waals surface area contributed by atoms with Gasteiger partial charge < -0.3 is 15.2 Å². The molecule has 130 valence electrons. The van der Waals surface area contributed by atoms with Crippen molar-refractivity contribution in [3.05, 3.63) is 65.0 Å². The number of nitrogens with one attached hydrogen (secondary N) is 1. The number of rotatable bonds is 7. The summed E-state index contributed by atoms with van der Waals surface area (Å²) in [5, 5.41) is 12.5. The molecule has 0 fully saturated rings. The molecular formula is C18H20F3NO2. The molecule has 0 spiro atoms. The van der Waals surface area contributed by atoms with Gasteiger partial charge in [-0.15, -0.1) is 0 Å². The van der Waals surface area contributed by atoms with Gasteiger partial charge in [0.05, 0.1) is 19.8 Å². The summed E-state index contributed by atoms with van der Waals surface area (Å²) in [6, 6.07) is 8.65. The summed E-state index contributed by atoms with van der Waals surface area (Å²) in [6.07, 6.45) is 0. The van der Waals surface area contributed by atoms with E-state index in [1.54, 1.807) is 7.11 Å². The Balaban J connectivity index is 2.04. The summed E-state index contributed by atoms with van der Waals surface area (Å²) in [5.41, 5.74) is 1.22. The minimum Gasteiger partial charge on any atom is -0.497 e. The topological polar surface area (TPSA) is 41.5 Å². The Labute approximate surface area is 139 Å². The van der Waals surface area contributed by atoms with Gasteiger partial charge in [-0.05, 0) is 41.3 Å². The number of aliphatic hydroxyl groups excluding tert-OH is 1. The molecule has 3 nitrogen and oxygen atoms in total. The molecule has 0 radical (unpaired) electrons. The monoisotopic (exact) mass is 339 g/mol. The fourth-order valence-electron chi connectivity index (χ4n) is 2.43. The van der Waals surface area contributed by atoms with Crippen LogP contribution < -0.4 is 10.1 Å². The third kappa shape index (κ3) is 4.27. The van der Waals surface area contributed by atoms with Gasteiger partial charge in [0.25, 0.3) is 0 Å². The normalized spacial score (nSPS) is 13.6. The quantitative estimate of drug-likeness (QED) is 0.758. The van der Waals surface area contributed by atoms with E-state index >= 15 is 0 Å². The van der Waals surface area contributed by atoms with E-state index in [0.717, 1.165) is 23.4 Å². The Bertz CT molecular complexity index is 653. The van der Waals surface area contributed by atoms with Crippen molar-refractivity contribution in [2.24, 2.45) is 0 Å². The fraction of sp³-hybridized carbons (Fsp3) is 0.333.